The van der Waals surface area contributed by atoms with E-state index in [-0.39, 0.29) is 5.91 Å². The molecule has 0 aliphatic heterocycles. The van der Waals surface area contributed by atoms with Gasteiger partial charge in [0.15, 0.2) is 0 Å². The number of hydrogen-bond donors (Lipinski definition) is 1. The average molecular weight is 291 g/mol. The lowest BCUT2D eigenvalue weighted by atomic mass is 9.87. The van der Waals surface area contributed by atoms with E-state index in [0.717, 1.165) is 25.2 Å². The van der Waals surface area contributed by atoms with Crippen LogP contribution < -0.4 is 5.32 Å². The van der Waals surface area contributed by atoms with Crippen molar-refractivity contribution in [2.75, 3.05) is 6.54 Å². The van der Waals surface area contributed by atoms with Crippen molar-refractivity contribution in [2.24, 2.45) is 5.92 Å². The maximum absolute atomic E-state index is 12.0. The quantitative estimate of drug-likeness (QED) is 0.838. The van der Waals surface area contributed by atoms with Crippen molar-refractivity contribution in [2.45, 2.75) is 71.8 Å². The lowest BCUT2D eigenvalue weighted by Gasteiger charge is -2.20. The summed E-state index contributed by atoms with van der Waals surface area (Å²) in [5.41, 5.74) is 1.21. The number of imidazole rings is 1. The van der Waals surface area contributed by atoms with Gasteiger partial charge < -0.3 is 9.88 Å². The first-order chi connectivity index (χ1) is 10.2. The summed E-state index contributed by atoms with van der Waals surface area (Å²) >= 11 is 0. The third-order valence-corrected chi connectivity index (χ3v) is 4.45. The zero-order valence-corrected chi connectivity index (χ0v) is 13.5. The number of aromatic nitrogens is 2. The molecular weight excluding hydrogens is 262 g/mol. The minimum absolute atomic E-state index is 0.215. The normalized spacial score (nSPS) is 16.1. The third-order valence-electron chi connectivity index (χ3n) is 4.45. The van der Waals surface area contributed by atoms with Crippen LogP contribution in [0.3, 0.4) is 0 Å². The topological polar surface area (TPSA) is 46.9 Å². The van der Waals surface area contributed by atoms with E-state index < -0.39 is 0 Å². The van der Waals surface area contributed by atoms with Crippen LogP contribution in [0, 0.1) is 12.8 Å². The molecule has 1 heterocycles. The lowest BCUT2D eigenvalue weighted by molar-refractivity contribution is -0.122. The van der Waals surface area contributed by atoms with Crippen molar-refractivity contribution in [1.29, 1.82) is 0 Å². The summed E-state index contributed by atoms with van der Waals surface area (Å²) in [4.78, 5) is 16.4. The van der Waals surface area contributed by atoms with Gasteiger partial charge in [-0.15, -0.1) is 0 Å². The average Bonchev–Trinajstić information content (AvgIpc) is 2.82. The summed E-state index contributed by atoms with van der Waals surface area (Å²) in [5, 5.41) is 3.06. The van der Waals surface area contributed by atoms with E-state index in [1.807, 2.05) is 6.20 Å². The highest BCUT2D eigenvalue weighted by Gasteiger charge is 2.16. The molecule has 0 unspecified atom stereocenters. The fourth-order valence-corrected chi connectivity index (χ4v) is 3.28. The van der Waals surface area contributed by atoms with Crippen LogP contribution in [-0.2, 0) is 17.8 Å². The zero-order chi connectivity index (χ0) is 15.1. The van der Waals surface area contributed by atoms with Gasteiger partial charge in [0, 0.05) is 37.8 Å². The predicted molar refractivity (Wildman–Crippen MR) is 85.2 cm³/mol. The minimum Gasteiger partial charge on any atom is -0.356 e. The van der Waals surface area contributed by atoms with Gasteiger partial charge in [0.05, 0.1) is 0 Å². The summed E-state index contributed by atoms with van der Waals surface area (Å²) in [6.45, 7) is 5.98. The number of nitrogens with one attached hydrogen (secondary N) is 1. The maximum atomic E-state index is 12.0. The van der Waals surface area contributed by atoms with Gasteiger partial charge in [-0.25, -0.2) is 4.98 Å². The van der Waals surface area contributed by atoms with Crippen LogP contribution in [0.4, 0.5) is 0 Å². The fourth-order valence-electron chi connectivity index (χ4n) is 3.28. The summed E-state index contributed by atoms with van der Waals surface area (Å²) in [6, 6.07) is 0. The first-order valence-electron chi connectivity index (χ1n) is 8.48. The van der Waals surface area contributed by atoms with Crippen LogP contribution in [0.2, 0.25) is 0 Å². The molecular formula is C17H29N3O. The Kier molecular flexibility index (Phi) is 6.27. The SMILES string of the molecule is CCCn1c(C)cnc1CCNC(=O)CC1CCCCC1. The second-order valence-electron chi connectivity index (χ2n) is 6.28. The van der Waals surface area contributed by atoms with E-state index >= 15 is 0 Å². The van der Waals surface area contributed by atoms with Crippen LogP contribution >= 0.6 is 0 Å². The minimum atomic E-state index is 0.215. The van der Waals surface area contributed by atoms with Crippen LogP contribution in [0.5, 0.6) is 0 Å². The molecule has 1 amide bonds. The molecule has 4 nitrogen and oxygen atoms in total. The van der Waals surface area contributed by atoms with Crippen molar-refractivity contribution in [3.05, 3.63) is 17.7 Å². The van der Waals surface area contributed by atoms with Crippen molar-refractivity contribution in [1.82, 2.24) is 14.9 Å². The Bertz CT molecular complexity index is 447. The largest absolute Gasteiger partial charge is 0.356 e. The molecule has 4 heteroatoms. The summed E-state index contributed by atoms with van der Waals surface area (Å²) in [5.74, 6) is 1.92. The number of carbonyl (C=O) groups excluding carboxylic acids is 1. The van der Waals surface area contributed by atoms with E-state index in [1.165, 1.54) is 37.8 Å². The Hall–Kier alpha value is -1.32. The Balaban J connectivity index is 1.72. The van der Waals surface area contributed by atoms with E-state index in [1.54, 1.807) is 0 Å². The monoisotopic (exact) mass is 291 g/mol. The van der Waals surface area contributed by atoms with Gasteiger partial charge >= 0.3 is 0 Å². The van der Waals surface area contributed by atoms with Gasteiger partial charge in [-0.05, 0) is 32.1 Å². The summed E-state index contributed by atoms with van der Waals surface area (Å²) in [6.07, 6.45) is 11.0. The second kappa shape index (κ2) is 8.20. The molecule has 1 aliphatic carbocycles. The maximum Gasteiger partial charge on any atom is 0.220 e. The molecule has 0 radical (unpaired) electrons. The number of rotatable bonds is 7. The number of carbonyl (C=O) groups is 1. The Morgan fingerprint density at radius 2 is 2.14 bits per heavy atom. The molecule has 0 atom stereocenters. The molecule has 1 aliphatic rings. The van der Waals surface area contributed by atoms with Crippen LogP contribution in [-0.4, -0.2) is 22.0 Å². The second-order valence-corrected chi connectivity index (χ2v) is 6.28. The zero-order valence-electron chi connectivity index (χ0n) is 13.5. The van der Waals surface area contributed by atoms with Gasteiger partial charge in [-0.2, -0.15) is 0 Å². The Morgan fingerprint density at radius 1 is 1.38 bits per heavy atom. The molecule has 0 bridgehead atoms. The van der Waals surface area contributed by atoms with E-state index in [2.05, 4.69) is 28.7 Å². The summed E-state index contributed by atoms with van der Waals surface area (Å²) in [7, 11) is 0. The number of nitrogens with zero attached hydrogens (tertiary/aromatic N) is 2. The summed E-state index contributed by atoms with van der Waals surface area (Å²) < 4.78 is 2.26. The predicted octanol–water partition coefficient (Wildman–Crippen LogP) is 3.23. The van der Waals surface area contributed by atoms with E-state index in [9.17, 15) is 4.79 Å². The third kappa shape index (κ3) is 4.87. The highest BCUT2D eigenvalue weighted by Crippen LogP contribution is 2.25. The van der Waals surface area contributed by atoms with Crippen LogP contribution in [0.1, 0.15) is 63.4 Å². The molecule has 0 saturated heterocycles. The van der Waals surface area contributed by atoms with Crippen molar-refractivity contribution < 1.29 is 4.79 Å². The first-order valence-corrected chi connectivity index (χ1v) is 8.48. The molecule has 21 heavy (non-hydrogen) atoms. The molecule has 118 valence electrons. The number of hydrogen-bond acceptors (Lipinski definition) is 2. The molecule has 1 aromatic heterocycles. The smallest absolute Gasteiger partial charge is 0.220 e. The van der Waals surface area contributed by atoms with Gasteiger partial charge in [0.2, 0.25) is 5.91 Å². The molecule has 2 rings (SSSR count). The standard InChI is InChI=1S/C17H29N3O/c1-3-11-20-14(2)13-19-16(20)9-10-18-17(21)12-15-7-5-4-6-8-15/h13,15H,3-12H2,1-2H3,(H,18,21). The van der Waals surface area contributed by atoms with Crippen molar-refractivity contribution in [3.8, 4) is 0 Å². The van der Waals surface area contributed by atoms with Gasteiger partial charge in [-0.3, -0.25) is 4.79 Å². The highest BCUT2D eigenvalue weighted by atomic mass is 16.1. The van der Waals surface area contributed by atoms with Gasteiger partial charge in [0.1, 0.15) is 5.82 Å². The Labute approximate surface area is 128 Å². The van der Waals surface area contributed by atoms with Crippen LogP contribution in [0.15, 0.2) is 6.20 Å². The molecule has 1 fully saturated rings. The van der Waals surface area contributed by atoms with E-state index in [4.69, 9.17) is 0 Å². The van der Waals surface area contributed by atoms with Crippen molar-refractivity contribution in [3.63, 3.8) is 0 Å². The highest BCUT2D eigenvalue weighted by molar-refractivity contribution is 5.76. The number of amides is 1. The van der Waals surface area contributed by atoms with Crippen LogP contribution in [0.25, 0.3) is 0 Å². The first kappa shape index (κ1) is 16.1. The Morgan fingerprint density at radius 3 is 2.86 bits per heavy atom. The van der Waals surface area contributed by atoms with Gasteiger partial charge in [0.25, 0.3) is 0 Å². The van der Waals surface area contributed by atoms with E-state index in [0.29, 0.717) is 18.9 Å². The molecule has 1 N–H and O–H groups in total. The molecule has 0 aromatic carbocycles. The molecule has 0 spiro atoms. The molecule has 1 aromatic rings. The fraction of sp³-hybridized carbons (Fsp3) is 0.765. The number of aryl methyl sites for hydroxylation is 1. The lowest BCUT2D eigenvalue weighted by Crippen LogP contribution is -2.28. The van der Waals surface area contributed by atoms with Gasteiger partial charge in [-0.1, -0.05) is 26.2 Å². The van der Waals surface area contributed by atoms with Crippen molar-refractivity contribution >= 4 is 5.91 Å². The molecule has 1 saturated carbocycles.